The Bertz CT molecular complexity index is 350. The molecular formula is C10H16ClN3O2. The molecule has 0 spiro atoms. The molecule has 1 heterocycles. The molecule has 0 radical (unpaired) electrons. The smallest absolute Gasteiger partial charge is 0.318 e. The SMILES string of the molecule is CN(CC1(O)CCCC1)c1nnc(CCl)o1. The van der Waals surface area contributed by atoms with Crippen molar-refractivity contribution in [1.82, 2.24) is 10.2 Å². The summed E-state index contributed by atoms with van der Waals surface area (Å²) in [6.45, 7) is 0.525. The predicted octanol–water partition coefficient (Wildman–Crippen LogP) is 1.55. The molecule has 1 fully saturated rings. The van der Waals surface area contributed by atoms with Crippen molar-refractivity contribution in [3.63, 3.8) is 0 Å². The zero-order chi connectivity index (χ0) is 11.6. The van der Waals surface area contributed by atoms with Crippen molar-refractivity contribution in [2.24, 2.45) is 0 Å². The highest BCUT2D eigenvalue weighted by Gasteiger charge is 2.33. The Hall–Kier alpha value is -0.810. The molecule has 2 rings (SSSR count). The maximum absolute atomic E-state index is 10.2. The lowest BCUT2D eigenvalue weighted by atomic mass is 10.0. The molecule has 1 aromatic rings. The fourth-order valence-corrected chi connectivity index (χ4v) is 2.26. The Morgan fingerprint density at radius 2 is 2.12 bits per heavy atom. The van der Waals surface area contributed by atoms with Gasteiger partial charge in [0.2, 0.25) is 5.89 Å². The molecule has 0 atom stereocenters. The van der Waals surface area contributed by atoms with Gasteiger partial charge in [0.05, 0.1) is 12.1 Å². The third-order valence-corrected chi connectivity index (χ3v) is 3.19. The fourth-order valence-electron chi connectivity index (χ4n) is 2.15. The van der Waals surface area contributed by atoms with Crippen molar-refractivity contribution < 1.29 is 9.52 Å². The largest absolute Gasteiger partial charge is 0.407 e. The van der Waals surface area contributed by atoms with E-state index in [2.05, 4.69) is 10.2 Å². The molecule has 0 unspecified atom stereocenters. The Morgan fingerprint density at radius 1 is 1.44 bits per heavy atom. The first-order chi connectivity index (χ1) is 7.63. The summed E-state index contributed by atoms with van der Waals surface area (Å²) in [5.41, 5.74) is -0.607. The maximum Gasteiger partial charge on any atom is 0.318 e. The van der Waals surface area contributed by atoms with Gasteiger partial charge in [-0.2, -0.15) is 0 Å². The molecule has 1 N–H and O–H groups in total. The highest BCUT2D eigenvalue weighted by molar-refractivity contribution is 6.16. The lowest BCUT2D eigenvalue weighted by Crippen LogP contribution is -2.39. The van der Waals surface area contributed by atoms with Gasteiger partial charge in [0, 0.05) is 7.05 Å². The first-order valence-corrected chi connectivity index (χ1v) is 5.98. The van der Waals surface area contributed by atoms with E-state index in [1.54, 1.807) is 4.90 Å². The van der Waals surface area contributed by atoms with Crippen LogP contribution in [0.4, 0.5) is 6.01 Å². The molecule has 1 aliphatic rings. The van der Waals surface area contributed by atoms with Crippen LogP contribution >= 0.6 is 11.6 Å². The van der Waals surface area contributed by atoms with E-state index in [1.807, 2.05) is 7.05 Å². The minimum absolute atomic E-state index is 0.213. The molecule has 0 aliphatic heterocycles. The van der Waals surface area contributed by atoms with Gasteiger partial charge < -0.3 is 14.4 Å². The van der Waals surface area contributed by atoms with Gasteiger partial charge in [-0.3, -0.25) is 0 Å². The molecule has 1 aliphatic carbocycles. The number of aliphatic hydroxyl groups is 1. The first kappa shape index (κ1) is 11.7. The van der Waals surface area contributed by atoms with E-state index in [9.17, 15) is 5.11 Å². The van der Waals surface area contributed by atoms with E-state index in [4.69, 9.17) is 16.0 Å². The van der Waals surface area contributed by atoms with Crippen LogP contribution in [-0.4, -0.2) is 34.5 Å². The number of likely N-dealkylation sites (N-methyl/N-ethyl adjacent to an activating group) is 1. The maximum atomic E-state index is 10.2. The zero-order valence-corrected chi connectivity index (χ0v) is 10.1. The van der Waals surface area contributed by atoms with E-state index >= 15 is 0 Å². The summed E-state index contributed by atoms with van der Waals surface area (Å²) in [7, 11) is 1.84. The number of anilines is 1. The minimum atomic E-state index is -0.607. The quantitative estimate of drug-likeness (QED) is 0.816. The monoisotopic (exact) mass is 245 g/mol. The minimum Gasteiger partial charge on any atom is -0.407 e. The van der Waals surface area contributed by atoms with Crippen LogP contribution in [0.3, 0.4) is 0 Å². The van der Waals surface area contributed by atoms with Crippen molar-refractivity contribution >= 4 is 17.6 Å². The molecule has 5 nitrogen and oxygen atoms in total. The number of hydrogen-bond donors (Lipinski definition) is 1. The van der Waals surface area contributed by atoms with Gasteiger partial charge in [-0.05, 0) is 12.8 Å². The number of rotatable bonds is 4. The van der Waals surface area contributed by atoms with E-state index in [1.165, 1.54) is 0 Å². The van der Waals surface area contributed by atoms with Crippen LogP contribution in [0.1, 0.15) is 31.6 Å². The van der Waals surface area contributed by atoms with E-state index in [0.717, 1.165) is 25.7 Å². The van der Waals surface area contributed by atoms with Gasteiger partial charge in [0.15, 0.2) is 0 Å². The summed E-state index contributed by atoms with van der Waals surface area (Å²) < 4.78 is 5.31. The van der Waals surface area contributed by atoms with Crippen LogP contribution in [0.25, 0.3) is 0 Å². The number of hydrogen-bond acceptors (Lipinski definition) is 5. The van der Waals surface area contributed by atoms with Crippen molar-refractivity contribution in [2.45, 2.75) is 37.2 Å². The lowest BCUT2D eigenvalue weighted by molar-refractivity contribution is 0.0549. The van der Waals surface area contributed by atoms with Crippen LogP contribution < -0.4 is 4.90 Å². The zero-order valence-electron chi connectivity index (χ0n) is 9.32. The number of alkyl halides is 1. The predicted molar refractivity (Wildman–Crippen MR) is 60.5 cm³/mol. The van der Waals surface area contributed by atoms with Crippen LogP contribution in [0.5, 0.6) is 0 Å². The number of aromatic nitrogens is 2. The summed E-state index contributed by atoms with van der Waals surface area (Å²) in [6.07, 6.45) is 3.85. The molecule has 0 amide bonds. The Labute approximate surface area is 99.4 Å². The van der Waals surface area contributed by atoms with Gasteiger partial charge in [0.25, 0.3) is 0 Å². The van der Waals surface area contributed by atoms with Crippen LogP contribution in [0.15, 0.2) is 4.42 Å². The van der Waals surface area contributed by atoms with Crippen LogP contribution in [-0.2, 0) is 5.88 Å². The van der Waals surface area contributed by atoms with Crippen LogP contribution in [0, 0.1) is 0 Å². The summed E-state index contributed by atoms with van der Waals surface area (Å²) in [4.78, 5) is 1.79. The van der Waals surface area contributed by atoms with Gasteiger partial charge in [-0.15, -0.1) is 16.7 Å². The lowest BCUT2D eigenvalue weighted by Gasteiger charge is -2.27. The molecule has 6 heteroatoms. The second-order valence-electron chi connectivity index (χ2n) is 4.40. The molecule has 0 aromatic carbocycles. The summed E-state index contributed by atoms with van der Waals surface area (Å²) in [6, 6.07) is 0.413. The Morgan fingerprint density at radius 3 is 2.69 bits per heavy atom. The number of nitrogens with zero attached hydrogens (tertiary/aromatic N) is 3. The summed E-state index contributed by atoms with van der Waals surface area (Å²) in [5.74, 6) is 0.618. The third kappa shape index (κ3) is 2.47. The molecular weight excluding hydrogens is 230 g/mol. The summed E-state index contributed by atoms with van der Waals surface area (Å²) in [5, 5.41) is 17.9. The van der Waals surface area contributed by atoms with Gasteiger partial charge in [-0.25, -0.2) is 0 Å². The highest BCUT2D eigenvalue weighted by Crippen LogP contribution is 2.30. The van der Waals surface area contributed by atoms with Gasteiger partial charge in [-0.1, -0.05) is 17.9 Å². The average Bonchev–Trinajstić information content (AvgIpc) is 2.86. The molecule has 1 saturated carbocycles. The Kier molecular flexibility index (Phi) is 3.35. The molecule has 90 valence electrons. The van der Waals surface area contributed by atoms with E-state index < -0.39 is 5.60 Å². The molecule has 16 heavy (non-hydrogen) atoms. The Balaban J connectivity index is 1.99. The second-order valence-corrected chi connectivity index (χ2v) is 4.67. The normalized spacial score (nSPS) is 18.9. The van der Waals surface area contributed by atoms with Crippen molar-refractivity contribution in [1.29, 1.82) is 0 Å². The summed E-state index contributed by atoms with van der Waals surface area (Å²) >= 11 is 5.58. The van der Waals surface area contributed by atoms with Crippen LogP contribution in [0.2, 0.25) is 0 Å². The third-order valence-electron chi connectivity index (χ3n) is 2.96. The fraction of sp³-hybridized carbons (Fsp3) is 0.800. The van der Waals surface area contributed by atoms with Crippen molar-refractivity contribution in [3.8, 4) is 0 Å². The molecule has 0 bridgehead atoms. The van der Waals surface area contributed by atoms with Gasteiger partial charge in [0.1, 0.15) is 5.88 Å². The highest BCUT2D eigenvalue weighted by atomic mass is 35.5. The standard InChI is InChI=1S/C10H16ClN3O2/c1-14(7-10(15)4-2-3-5-10)9-13-12-8(6-11)16-9/h15H,2-7H2,1H3. The van der Waals surface area contributed by atoms with Gasteiger partial charge >= 0.3 is 6.01 Å². The van der Waals surface area contributed by atoms with E-state index in [0.29, 0.717) is 18.5 Å². The second kappa shape index (κ2) is 4.59. The molecule has 1 aromatic heterocycles. The van der Waals surface area contributed by atoms with Crippen molar-refractivity contribution in [2.75, 3.05) is 18.5 Å². The topological polar surface area (TPSA) is 62.4 Å². The average molecular weight is 246 g/mol. The van der Waals surface area contributed by atoms with E-state index in [-0.39, 0.29) is 5.88 Å². The first-order valence-electron chi connectivity index (χ1n) is 5.45. The molecule has 0 saturated heterocycles. The van der Waals surface area contributed by atoms with Crippen molar-refractivity contribution in [3.05, 3.63) is 5.89 Å². The number of halogens is 1.